The predicted octanol–water partition coefficient (Wildman–Crippen LogP) is 14.2. The molecule has 0 N–H and O–H groups in total. The van der Waals surface area contributed by atoms with E-state index >= 15 is 0 Å². The van der Waals surface area contributed by atoms with Crippen molar-refractivity contribution in [1.29, 1.82) is 0 Å². The topological polar surface area (TPSA) is 3.24 Å². The zero-order valence-electron chi connectivity index (χ0n) is 30.5. The summed E-state index contributed by atoms with van der Waals surface area (Å²) in [6.45, 7) is 9.48. The van der Waals surface area contributed by atoms with Crippen LogP contribution in [0.25, 0.3) is 66.4 Å². The van der Waals surface area contributed by atoms with Gasteiger partial charge in [0, 0.05) is 27.8 Å². The molecule has 1 nitrogen and oxygen atoms in total. The minimum absolute atomic E-state index is 0.0888. The third-order valence-electron chi connectivity index (χ3n) is 12.6. The lowest BCUT2D eigenvalue weighted by Gasteiger charge is -2.30. The molecule has 8 aromatic rings. The Kier molecular flexibility index (Phi) is 6.14. The summed E-state index contributed by atoms with van der Waals surface area (Å²) in [6.07, 6.45) is 0. The van der Waals surface area contributed by atoms with Crippen molar-refractivity contribution in [3.63, 3.8) is 0 Å². The van der Waals surface area contributed by atoms with Gasteiger partial charge >= 0.3 is 0 Å². The first kappa shape index (κ1) is 30.4. The van der Waals surface area contributed by atoms with Crippen LogP contribution >= 0.6 is 0 Å². The van der Waals surface area contributed by atoms with E-state index in [-0.39, 0.29) is 10.8 Å². The number of anilines is 3. The number of hydrogen-bond donors (Lipinski definition) is 0. The second-order valence-corrected chi connectivity index (χ2v) is 16.1. The Labute approximate surface area is 311 Å². The van der Waals surface area contributed by atoms with Crippen LogP contribution in [0.2, 0.25) is 0 Å². The highest BCUT2D eigenvalue weighted by atomic mass is 15.1. The Bertz CT molecular complexity index is 2800. The number of benzene rings is 8. The largest absolute Gasteiger partial charge is 0.310 e. The molecule has 0 fully saturated rings. The highest BCUT2D eigenvalue weighted by molar-refractivity contribution is 6.18. The molecule has 0 radical (unpaired) electrons. The van der Waals surface area contributed by atoms with E-state index in [0.29, 0.717) is 0 Å². The number of fused-ring (bicyclic) bond motifs is 9. The Morgan fingerprint density at radius 3 is 1.62 bits per heavy atom. The summed E-state index contributed by atoms with van der Waals surface area (Å²) in [5, 5.41) is 2.67. The average Bonchev–Trinajstić information content (AvgIpc) is 3.74. The minimum atomic E-state index is -0.0971. The summed E-state index contributed by atoms with van der Waals surface area (Å²) in [6, 6.07) is 61.5. The van der Waals surface area contributed by atoms with Gasteiger partial charge in [-0.25, -0.2) is 0 Å². The third-order valence-corrected chi connectivity index (χ3v) is 12.6. The fourth-order valence-electron chi connectivity index (χ4n) is 10.0. The summed E-state index contributed by atoms with van der Waals surface area (Å²) >= 11 is 0. The monoisotopic (exact) mass is 677 g/mol. The average molecular weight is 678 g/mol. The molecule has 0 unspecified atom stereocenters. The zero-order chi connectivity index (χ0) is 35.6. The fraction of sp³-hybridized carbons (Fsp3) is 0.115. The molecular weight excluding hydrogens is 639 g/mol. The summed E-state index contributed by atoms with van der Waals surface area (Å²) in [5.41, 5.74) is 22.0. The molecule has 0 saturated carbocycles. The number of nitrogens with zero attached hydrogens (tertiary/aromatic N) is 1. The molecule has 1 heteroatoms. The molecule has 11 rings (SSSR count). The van der Waals surface area contributed by atoms with Crippen LogP contribution in [0.3, 0.4) is 0 Å². The van der Waals surface area contributed by atoms with Crippen molar-refractivity contribution in [2.24, 2.45) is 0 Å². The second-order valence-electron chi connectivity index (χ2n) is 16.1. The van der Waals surface area contributed by atoms with Crippen LogP contribution in [0.1, 0.15) is 49.9 Å². The van der Waals surface area contributed by atoms with Gasteiger partial charge in [0.2, 0.25) is 0 Å². The summed E-state index contributed by atoms with van der Waals surface area (Å²) in [5.74, 6) is 0. The van der Waals surface area contributed by atoms with E-state index in [2.05, 4.69) is 196 Å². The van der Waals surface area contributed by atoms with Gasteiger partial charge in [0.1, 0.15) is 0 Å². The molecule has 0 aromatic heterocycles. The lowest BCUT2D eigenvalue weighted by atomic mass is 9.82. The normalized spacial score (nSPS) is 14.7. The van der Waals surface area contributed by atoms with E-state index in [1.165, 1.54) is 100 Å². The molecule has 0 saturated heterocycles. The van der Waals surface area contributed by atoms with Gasteiger partial charge in [-0.3, -0.25) is 0 Å². The first-order valence-corrected chi connectivity index (χ1v) is 18.9. The maximum atomic E-state index is 2.50. The Morgan fingerprint density at radius 1 is 0.358 bits per heavy atom. The zero-order valence-corrected chi connectivity index (χ0v) is 30.5. The number of hydrogen-bond acceptors (Lipinski definition) is 1. The maximum absolute atomic E-state index is 2.50. The lowest BCUT2D eigenvalue weighted by molar-refractivity contribution is 0.660. The van der Waals surface area contributed by atoms with Crippen molar-refractivity contribution in [2.45, 2.75) is 38.5 Å². The van der Waals surface area contributed by atoms with Crippen LogP contribution in [0.15, 0.2) is 164 Å². The highest BCUT2D eigenvalue weighted by Crippen LogP contribution is 2.56. The lowest BCUT2D eigenvalue weighted by Crippen LogP contribution is -2.17. The molecule has 53 heavy (non-hydrogen) atoms. The molecule has 8 aromatic carbocycles. The van der Waals surface area contributed by atoms with Gasteiger partial charge in [0.05, 0.1) is 5.69 Å². The molecule has 0 heterocycles. The van der Waals surface area contributed by atoms with E-state index in [1.54, 1.807) is 0 Å². The van der Waals surface area contributed by atoms with Crippen LogP contribution in [0.5, 0.6) is 0 Å². The molecule has 3 aliphatic rings. The van der Waals surface area contributed by atoms with Crippen molar-refractivity contribution in [3.05, 3.63) is 186 Å². The first-order valence-electron chi connectivity index (χ1n) is 18.9. The van der Waals surface area contributed by atoms with E-state index in [9.17, 15) is 0 Å². The number of rotatable bonds is 4. The molecule has 0 atom stereocenters. The smallest absolute Gasteiger partial charge is 0.0543 e. The molecule has 3 aliphatic carbocycles. The molecule has 0 bridgehead atoms. The van der Waals surface area contributed by atoms with Crippen molar-refractivity contribution < 1.29 is 0 Å². The van der Waals surface area contributed by atoms with Gasteiger partial charge in [0.15, 0.2) is 0 Å². The standard InChI is InChI=1S/C52H39N/c1-51(2)45-20-10-8-16-43(45)50-46(51)21-12-22-48(50)53(34-27-28-39-38-15-7-9-19-44(38)52(3,4)47(39)31-34)33-25-23-32(24-26-33)35-29-30-42-37-14-6-5-13-36(37)41-18-11-17-40(35)49(41)42/h5-31H,1-4H3. The molecule has 0 amide bonds. The van der Waals surface area contributed by atoms with Gasteiger partial charge in [-0.05, 0) is 113 Å². The third kappa shape index (κ3) is 4.08. The second kappa shape index (κ2) is 10.7. The first-order chi connectivity index (χ1) is 25.8. The van der Waals surface area contributed by atoms with Gasteiger partial charge in [-0.15, -0.1) is 0 Å². The van der Waals surface area contributed by atoms with Gasteiger partial charge < -0.3 is 4.90 Å². The van der Waals surface area contributed by atoms with Crippen LogP contribution in [0.4, 0.5) is 17.1 Å². The van der Waals surface area contributed by atoms with Crippen molar-refractivity contribution >= 4 is 27.8 Å². The van der Waals surface area contributed by atoms with Crippen molar-refractivity contribution in [2.75, 3.05) is 4.90 Å². The Hall–Kier alpha value is -6.18. The van der Waals surface area contributed by atoms with Crippen molar-refractivity contribution in [1.82, 2.24) is 0 Å². The quantitative estimate of drug-likeness (QED) is 0.179. The Morgan fingerprint density at radius 2 is 0.868 bits per heavy atom. The van der Waals surface area contributed by atoms with E-state index in [4.69, 9.17) is 0 Å². The van der Waals surface area contributed by atoms with Gasteiger partial charge in [-0.2, -0.15) is 0 Å². The molecule has 0 spiro atoms. The van der Waals surface area contributed by atoms with E-state index in [1.807, 2.05) is 0 Å². The van der Waals surface area contributed by atoms with Gasteiger partial charge in [-0.1, -0.05) is 161 Å². The van der Waals surface area contributed by atoms with Crippen LogP contribution in [-0.2, 0) is 10.8 Å². The van der Waals surface area contributed by atoms with Crippen LogP contribution in [-0.4, -0.2) is 0 Å². The SMILES string of the molecule is CC1(C)c2ccccc2-c2ccc(N(c3ccc(-c4ccc5c6c(cccc46)-c4ccccc4-5)cc3)c3cccc4c3-c3ccccc3C4(C)C)cc21. The molecule has 252 valence electrons. The maximum Gasteiger partial charge on any atom is 0.0543 e. The van der Waals surface area contributed by atoms with Crippen LogP contribution in [0, 0.1) is 0 Å². The van der Waals surface area contributed by atoms with Gasteiger partial charge in [0.25, 0.3) is 0 Å². The summed E-state index contributed by atoms with van der Waals surface area (Å²) in [7, 11) is 0. The summed E-state index contributed by atoms with van der Waals surface area (Å²) < 4.78 is 0. The van der Waals surface area contributed by atoms with Crippen LogP contribution < -0.4 is 4.90 Å². The Balaban J connectivity index is 1.10. The summed E-state index contributed by atoms with van der Waals surface area (Å²) in [4.78, 5) is 2.50. The highest BCUT2D eigenvalue weighted by Gasteiger charge is 2.39. The fourth-order valence-corrected chi connectivity index (χ4v) is 10.0. The van der Waals surface area contributed by atoms with E-state index in [0.717, 1.165) is 5.69 Å². The predicted molar refractivity (Wildman–Crippen MR) is 224 cm³/mol. The minimum Gasteiger partial charge on any atom is -0.310 e. The van der Waals surface area contributed by atoms with E-state index < -0.39 is 0 Å². The molecule has 0 aliphatic heterocycles. The molecular formula is C52H39N. The van der Waals surface area contributed by atoms with Crippen molar-refractivity contribution in [3.8, 4) is 55.6 Å².